The Morgan fingerprint density at radius 2 is 1.80 bits per heavy atom. The van der Waals surface area contributed by atoms with Crippen LogP contribution in [0.25, 0.3) is 6.08 Å². The number of carbonyl (C=O) groups excluding carboxylic acids is 3. The molecule has 2 aliphatic rings. The minimum absolute atomic E-state index is 0.0294. The van der Waals surface area contributed by atoms with Gasteiger partial charge in [0.15, 0.2) is 11.6 Å². The molecule has 0 unspecified atom stereocenters. The lowest BCUT2D eigenvalue weighted by molar-refractivity contribution is -0.120. The monoisotopic (exact) mass is 404 g/mol. The molecule has 1 aliphatic heterocycles. The van der Waals surface area contributed by atoms with Gasteiger partial charge >= 0.3 is 0 Å². The van der Waals surface area contributed by atoms with Crippen molar-refractivity contribution in [3.05, 3.63) is 70.3 Å². The third-order valence-electron chi connectivity index (χ3n) is 5.58. The second-order valence-corrected chi connectivity index (χ2v) is 7.48. The predicted molar refractivity (Wildman–Crippen MR) is 115 cm³/mol. The molecule has 0 saturated carbocycles. The lowest BCUT2D eigenvalue weighted by atomic mass is 9.86. The van der Waals surface area contributed by atoms with Crippen LogP contribution in [0, 0.1) is 0 Å². The van der Waals surface area contributed by atoms with Crippen molar-refractivity contribution in [2.45, 2.75) is 12.8 Å². The van der Waals surface area contributed by atoms with Crippen LogP contribution in [0.5, 0.6) is 0 Å². The molecule has 0 radical (unpaired) electrons. The Hall–Kier alpha value is -3.25. The van der Waals surface area contributed by atoms with Crippen molar-refractivity contribution in [3.63, 3.8) is 0 Å². The Kier molecular flexibility index (Phi) is 5.77. The zero-order chi connectivity index (χ0) is 21.1. The van der Waals surface area contributed by atoms with Gasteiger partial charge in [-0.15, -0.1) is 0 Å². The SMILES string of the molecule is CNc1cccc2c1CC(=O)C(C(=O)Cc1ccc(C(=O)N3CCOCC3)cc1)=C2. The van der Waals surface area contributed by atoms with E-state index >= 15 is 0 Å². The first-order valence-corrected chi connectivity index (χ1v) is 10.1. The second kappa shape index (κ2) is 8.63. The maximum atomic E-state index is 12.8. The molecule has 0 atom stereocenters. The van der Waals surface area contributed by atoms with Gasteiger partial charge in [-0.3, -0.25) is 14.4 Å². The highest BCUT2D eigenvalue weighted by atomic mass is 16.5. The molecule has 2 aromatic carbocycles. The first-order valence-electron chi connectivity index (χ1n) is 10.1. The van der Waals surface area contributed by atoms with Crippen molar-refractivity contribution in [2.75, 3.05) is 38.7 Å². The summed E-state index contributed by atoms with van der Waals surface area (Å²) in [6.45, 7) is 2.29. The molecule has 1 aliphatic carbocycles. The number of anilines is 1. The molecule has 1 saturated heterocycles. The van der Waals surface area contributed by atoms with E-state index in [4.69, 9.17) is 4.74 Å². The number of nitrogens with zero attached hydrogens (tertiary/aromatic N) is 1. The van der Waals surface area contributed by atoms with Crippen LogP contribution in [0.15, 0.2) is 48.0 Å². The number of fused-ring (bicyclic) bond motifs is 1. The molecule has 2 aromatic rings. The van der Waals surface area contributed by atoms with Crippen LogP contribution >= 0.6 is 0 Å². The minimum atomic E-state index is -0.201. The highest BCUT2D eigenvalue weighted by Crippen LogP contribution is 2.28. The number of allylic oxidation sites excluding steroid dienone is 1. The van der Waals surface area contributed by atoms with E-state index < -0.39 is 0 Å². The molecule has 6 heteroatoms. The van der Waals surface area contributed by atoms with Crippen LogP contribution in [0.3, 0.4) is 0 Å². The van der Waals surface area contributed by atoms with Crippen molar-refractivity contribution in [2.24, 2.45) is 0 Å². The fourth-order valence-electron chi connectivity index (χ4n) is 3.89. The van der Waals surface area contributed by atoms with Crippen molar-refractivity contribution >= 4 is 29.2 Å². The zero-order valence-corrected chi connectivity index (χ0v) is 16.9. The summed E-state index contributed by atoms with van der Waals surface area (Å²) in [6.07, 6.45) is 2.04. The molecule has 4 rings (SSSR count). The Labute approximate surface area is 175 Å². The van der Waals surface area contributed by atoms with Crippen molar-refractivity contribution < 1.29 is 19.1 Å². The van der Waals surface area contributed by atoms with Crippen LogP contribution in [0.1, 0.15) is 27.0 Å². The molecule has 1 heterocycles. The third-order valence-corrected chi connectivity index (χ3v) is 5.58. The number of carbonyl (C=O) groups is 3. The van der Waals surface area contributed by atoms with Crippen molar-refractivity contribution in [3.8, 4) is 0 Å². The Balaban J connectivity index is 1.47. The van der Waals surface area contributed by atoms with Crippen LogP contribution in [0.4, 0.5) is 5.69 Å². The standard InChI is InChI=1S/C24H24N2O4/c1-25-21-4-2-3-18-14-20(23(28)15-19(18)21)22(27)13-16-5-7-17(8-6-16)24(29)26-9-11-30-12-10-26/h2-8,14,25H,9-13,15H2,1H3. The lowest BCUT2D eigenvalue weighted by Gasteiger charge is -2.26. The van der Waals surface area contributed by atoms with Gasteiger partial charge < -0.3 is 15.0 Å². The normalized spacial score (nSPS) is 16.0. The second-order valence-electron chi connectivity index (χ2n) is 7.48. The molecular weight excluding hydrogens is 380 g/mol. The molecule has 154 valence electrons. The fourth-order valence-corrected chi connectivity index (χ4v) is 3.89. The number of morpholine rings is 1. The molecule has 1 amide bonds. The molecular formula is C24H24N2O4. The first-order chi connectivity index (χ1) is 14.6. The number of nitrogens with one attached hydrogen (secondary N) is 1. The predicted octanol–water partition coefficient (Wildman–Crippen LogP) is 2.52. The summed E-state index contributed by atoms with van der Waals surface area (Å²) < 4.78 is 5.28. The van der Waals surface area contributed by atoms with Gasteiger partial charge in [-0.05, 0) is 41.0 Å². The molecule has 1 fully saturated rings. The Morgan fingerprint density at radius 3 is 2.50 bits per heavy atom. The average molecular weight is 404 g/mol. The number of Topliss-reactive ketones (excluding diaryl/α,β-unsaturated/α-hetero) is 2. The average Bonchev–Trinajstić information content (AvgIpc) is 2.78. The topological polar surface area (TPSA) is 75.7 Å². The van der Waals surface area contributed by atoms with E-state index in [-0.39, 0.29) is 35.9 Å². The maximum Gasteiger partial charge on any atom is 0.254 e. The number of hydrogen-bond donors (Lipinski definition) is 1. The summed E-state index contributed by atoms with van der Waals surface area (Å²) in [7, 11) is 1.82. The number of rotatable bonds is 5. The van der Waals surface area contributed by atoms with Crippen LogP contribution in [-0.4, -0.2) is 55.7 Å². The highest BCUT2D eigenvalue weighted by Gasteiger charge is 2.25. The lowest BCUT2D eigenvalue weighted by Crippen LogP contribution is -2.40. The number of ether oxygens (including phenoxy) is 1. The van der Waals surface area contributed by atoms with Gasteiger partial charge in [0.25, 0.3) is 5.91 Å². The van der Waals surface area contributed by atoms with Gasteiger partial charge in [0, 0.05) is 44.2 Å². The summed E-state index contributed by atoms with van der Waals surface area (Å²) in [4.78, 5) is 39.7. The zero-order valence-electron chi connectivity index (χ0n) is 16.9. The van der Waals surface area contributed by atoms with Gasteiger partial charge in [-0.25, -0.2) is 0 Å². The summed E-state index contributed by atoms with van der Waals surface area (Å²) in [5, 5.41) is 3.09. The van der Waals surface area contributed by atoms with Crippen molar-refractivity contribution in [1.82, 2.24) is 4.90 Å². The minimum Gasteiger partial charge on any atom is -0.388 e. The summed E-state index contributed by atoms with van der Waals surface area (Å²) in [5.74, 6) is -0.389. The molecule has 0 spiro atoms. The summed E-state index contributed by atoms with van der Waals surface area (Å²) in [5.41, 5.74) is 4.34. The highest BCUT2D eigenvalue weighted by molar-refractivity contribution is 6.25. The first kappa shape index (κ1) is 20.0. The third kappa shape index (κ3) is 4.04. The van der Waals surface area contributed by atoms with E-state index in [1.807, 2.05) is 25.2 Å². The van der Waals surface area contributed by atoms with E-state index in [0.29, 0.717) is 31.9 Å². The maximum absolute atomic E-state index is 12.8. The largest absolute Gasteiger partial charge is 0.388 e. The molecule has 0 aromatic heterocycles. The van der Waals surface area contributed by atoms with Gasteiger partial charge in [0.2, 0.25) is 0 Å². The summed E-state index contributed by atoms with van der Waals surface area (Å²) in [6, 6.07) is 12.8. The van der Waals surface area contributed by atoms with Crippen molar-refractivity contribution in [1.29, 1.82) is 0 Å². The van der Waals surface area contributed by atoms with E-state index in [2.05, 4.69) is 5.32 Å². The van der Waals surface area contributed by atoms with E-state index in [0.717, 1.165) is 22.4 Å². The molecule has 0 bridgehead atoms. The van der Waals surface area contributed by atoms with Gasteiger partial charge in [-0.2, -0.15) is 0 Å². The smallest absolute Gasteiger partial charge is 0.254 e. The van der Waals surface area contributed by atoms with Gasteiger partial charge in [-0.1, -0.05) is 24.3 Å². The van der Waals surface area contributed by atoms with E-state index in [1.54, 1.807) is 35.2 Å². The number of hydrogen-bond acceptors (Lipinski definition) is 5. The molecule has 6 nitrogen and oxygen atoms in total. The van der Waals surface area contributed by atoms with Crippen LogP contribution < -0.4 is 5.32 Å². The van der Waals surface area contributed by atoms with Crippen LogP contribution in [-0.2, 0) is 27.2 Å². The number of benzene rings is 2. The van der Waals surface area contributed by atoms with Gasteiger partial charge in [0.1, 0.15) is 0 Å². The number of amides is 1. The molecule has 30 heavy (non-hydrogen) atoms. The Morgan fingerprint density at radius 1 is 1.07 bits per heavy atom. The van der Waals surface area contributed by atoms with E-state index in [1.165, 1.54) is 0 Å². The number of ketones is 2. The van der Waals surface area contributed by atoms with Gasteiger partial charge in [0.05, 0.1) is 18.8 Å². The van der Waals surface area contributed by atoms with E-state index in [9.17, 15) is 14.4 Å². The quantitative estimate of drug-likeness (QED) is 0.775. The Bertz CT molecular complexity index is 1020. The molecule has 1 N–H and O–H groups in total. The fraction of sp³-hybridized carbons (Fsp3) is 0.292. The van der Waals surface area contributed by atoms with Crippen LogP contribution in [0.2, 0.25) is 0 Å². The summed E-state index contributed by atoms with van der Waals surface area (Å²) >= 11 is 0.